The summed E-state index contributed by atoms with van der Waals surface area (Å²) in [5, 5.41) is 2.87. The number of ether oxygens (including phenoxy) is 1. The predicted molar refractivity (Wildman–Crippen MR) is 79.7 cm³/mol. The van der Waals surface area contributed by atoms with Crippen molar-refractivity contribution in [3.05, 3.63) is 65.2 Å². The van der Waals surface area contributed by atoms with Crippen LogP contribution in [-0.2, 0) is 4.79 Å². The summed E-state index contributed by atoms with van der Waals surface area (Å²) < 4.78 is 5.68. The van der Waals surface area contributed by atoms with Gasteiger partial charge in [-0.2, -0.15) is 0 Å². The number of nitrogens with one attached hydrogen (secondary N) is 1. The summed E-state index contributed by atoms with van der Waals surface area (Å²) in [6, 6.07) is 15.5. The Morgan fingerprint density at radius 3 is 2.65 bits per heavy atom. The van der Waals surface area contributed by atoms with Crippen LogP contribution in [0.1, 0.15) is 11.1 Å². The van der Waals surface area contributed by atoms with Gasteiger partial charge in [0.1, 0.15) is 12.4 Å². The van der Waals surface area contributed by atoms with Crippen molar-refractivity contribution in [3.8, 4) is 5.75 Å². The molecule has 1 aliphatic rings. The third-order valence-corrected chi connectivity index (χ3v) is 3.23. The van der Waals surface area contributed by atoms with Gasteiger partial charge in [0.15, 0.2) is 0 Å². The van der Waals surface area contributed by atoms with Gasteiger partial charge < -0.3 is 10.1 Å². The molecule has 0 saturated carbocycles. The molecule has 0 atom stereocenters. The SMILES string of the molecule is Cc1ccc(/C=C2\COc3ccccc3NC2=O)cc1. The summed E-state index contributed by atoms with van der Waals surface area (Å²) in [7, 11) is 0. The molecule has 0 spiro atoms. The largest absolute Gasteiger partial charge is 0.487 e. The minimum atomic E-state index is -0.115. The van der Waals surface area contributed by atoms with Crippen molar-refractivity contribution in [1.29, 1.82) is 0 Å². The highest BCUT2D eigenvalue weighted by atomic mass is 16.5. The van der Waals surface area contributed by atoms with Crippen molar-refractivity contribution in [1.82, 2.24) is 0 Å². The van der Waals surface area contributed by atoms with Crippen LogP contribution in [0.25, 0.3) is 6.08 Å². The molecule has 0 bridgehead atoms. The van der Waals surface area contributed by atoms with E-state index < -0.39 is 0 Å². The van der Waals surface area contributed by atoms with Gasteiger partial charge in [-0.1, -0.05) is 42.0 Å². The van der Waals surface area contributed by atoms with Crippen LogP contribution in [0.3, 0.4) is 0 Å². The fourth-order valence-electron chi connectivity index (χ4n) is 2.09. The minimum Gasteiger partial charge on any atom is -0.487 e. The van der Waals surface area contributed by atoms with Gasteiger partial charge in [-0.3, -0.25) is 4.79 Å². The van der Waals surface area contributed by atoms with Crippen LogP contribution in [0, 0.1) is 6.92 Å². The lowest BCUT2D eigenvalue weighted by atomic mass is 10.1. The van der Waals surface area contributed by atoms with Crippen LogP contribution in [-0.4, -0.2) is 12.5 Å². The second kappa shape index (κ2) is 5.21. The van der Waals surface area contributed by atoms with E-state index in [2.05, 4.69) is 5.32 Å². The molecule has 100 valence electrons. The number of aryl methyl sites for hydroxylation is 1. The Hall–Kier alpha value is -2.55. The molecule has 1 amide bonds. The Bertz CT molecular complexity index is 672. The summed E-state index contributed by atoms with van der Waals surface area (Å²) >= 11 is 0. The molecule has 1 aliphatic heterocycles. The van der Waals surface area contributed by atoms with Crippen molar-refractivity contribution in [2.75, 3.05) is 11.9 Å². The van der Waals surface area contributed by atoms with Crippen molar-refractivity contribution >= 4 is 17.7 Å². The number of amides is 1. The molecule has 3 nitrogen and oxygen atoms in total. The molecule has 3 heteroatoms. The lowest BCUT2D eigenvalue weighted by Gasteiger charge is -2.04. The fourth-order valence-corrected chi connectivity index (χ4v) is 2.09. The normalized spacial score (nSPS) is 16.1. The Kier molecular flexibility index (Phi) is 3.25. The van der Waals surface area contributed by atoms with Gasteiger partial charge in [0.25, 0.3) is 5.91 Å². The van der Waals surface area contributed by atoms with E-state index in [1.807, 2.05) is 61.5 Å². The number of hydrogen-bond acceptors (Lipinski definition) is 2. The van der Waals surface area contributed by atoms with Crippen LogP contribution < -0.4 is 10.1 Å². The van der Waals surface area contributed by atoms with Gasteiger partial charge in [-0.05, 0) is 30.7 Å². The summed E-state index contributed by atoms with van der Waals surface area (Å²) in [5.41, 5.74) is 3.52. The maximum absolute atomic E-state index is 12.2. The molecule has 2 aromatic rings. The maximum atomic E-state index is 12.2. The summed E-state index contributed by atoms with van der Waals surface area (Å²) in [5.74, 6) is 0.587. The van der Waals surface area contributed by atoms with Crippen molar-refractivity contribution in [3.63, 3.8) is 0 Å². The fraction of sp³-hybridized carbons (Fsp3) is 0.118. The molecule has 20 heavy (non-hydrogen) atoms. The number of carbonyl (C=O) groups excluding carboxylic acids is 1. The molecule has 0 aromatic heterocycles. The quantitative estimate of drug-likeness (QED) is 0.802. The number of rotatable bonds is 1. The van der Waals surface area contributed by atoms with E-state index in [-0.39, 0.29) is 12.5 Å². The zero-order chi connectivity index (χ0) is 13.9. The first-order chi connectivity index (χ1) is 9.72. The van der Waals surface area contributed by atoms with E-state index in [9.17, 15) is 4.79 Å². The van der Waals surface area contributed by atoms with Crippen LogP contribution in [0.15, 0.2) is 54.1 Å². The zero-order valence-corrected chi connectivity index (χ0v) is 11.2. The third kappa shape index (κ3) is 2.57. The molecular formula is C17H15NO2. The van der Waals surface area contributed by atoms with Gasteiger partial charge >= 0.3 is 0 Å². The summed E-state index contributed by atoms with van der Waals surface area (Å²) in [6.45, 7) is 2.31. The number of para-hydroxylation sites is 2. The van der Waals surface area contributed by atoms with Gasteiger partial charge in [-0.25, -0.2) is 0 Å². The minimum absolute atomic E-state index is 0.115. The first kappa shape index (κ1) is 12.5. The third-order valence-electron chi connectivity index (χ3n) is 3.23. The lowest BCUT2D eigenvalue weighted by Crippen LogP contribution is -2.15. The molecule has 1 N–H and O–H groups in total. The lowest BCUT2D eigenvalue weighted by molar-refractivity contribution is -0.112. The van der Waals surface area contributed by atoms with Crippen molar-refractivity contribution in [2.45, 2.75) is 6.92 Å². The van der Waals surface area contributed by atoms with E-state index >= 15 is 0 Å². The molecule has 3 rings (SSSR count). The second-order valence-corrected chi connectivity index (χ2v) is 4.82. The van der Waals surface area contributed by atoms with E-state index in [0.29, 0.717) is 17.0 Å². The molecular weight excluding hydrogens is 250 g/mol. The van der Waals surface area contributed by atoms with Gasteiger partial charge in [-0.15, -0.1) is 0 Å². The van der Waals surface area contributed by atoms with Crippen molar-refractivity contribution < 1.29 is 9.53 Å². The molecule has 0 unspecified atom stereocenters. The van der Waals surface area contributed by atoms with Crippen LogP contribution in [0.5, 0.6) is 5.75 Å². The number of fused-ring (bicyclic) bond motifs is 1. The first-order valence-electron chi connectivity index (χ1n) is 6.53. The second-order valence-electron chi connectivity index (χ2n) is 4.82. The predicted octanol–water partition coefficient (Wildman–Crippen LogP) is 3.41. The molecule has 1 heterocycles. The van der Waals surface area contributed by atoms with E-state index in [4.69, 9.17) is 4.74 Å². The molecule has 0 saturated heterocycles. The Morgan fingerprint density at radius 2 is 1.85 bits per heavy atom. The molecule has 0 fully saturated rings. The van der Waals surface area contributed by atoms with Crippen LogP contribution >= 0.6 is 0 Å². The van der Waals surface area contributed by atoms with Gasteiger partial charge in [0.05, 0.1) is 11.3 Å². The summed E-state index contributed by atoms with van der Waals surface area (Å²) in [4.78, 5) is 12.2. The monoisotopic (exact) mass is 265 g/mol. The molecule has 2 aromatic carbocycles. The number of benzene rings is 2. The Morgan fingerprint density at radius 1 is 1.10 bits per heavy atom. The van der Waals surface area contributed by atoms with E-state index in [0.717, 1.165) is 5.56 Å². The zero-order valence-electron chi connectivity index (χ0n) is 11.2. The maximum Gasteiger partial charge on any atom is 0.255 e. The van der Waals surface area contributed by atoms with Crippen molar-refractivity contribution in [2.24, 2.45) is 0 Å². The highest BCUT2D eigenvalue weighted by Crippen LogP contribution is 2.27. The Labute approximate surface area is 117 Å². The standard InChI is InChI=1S/C17H15NO2/c1-12-6-8-13(9-7-12)10-14-11-20-16-5-3-2-4-15(16)18-17(14)19/h2-10H,11H2,1H3,(H,18,19)/b14-10+. The molecule has 0 radical (unpaired) electrons. The number of anilines is 1. The van der Waals surface area contributed by atoms with E-state index in [1.165, 1.54) is 5.56 Å². The highest BCUT2D eigenvalue weighted by molar-refractivity contribution is 6.08. The number of hydrogen-bond donors (Lipinski definition) is 1. The van der Waals surface area contributed by atoms with Crippen LogP contribution in [0.4, 0.5) is 5.69 Å². The highest BCUT2D eigenvalue weighted by Gasteiger charge is 2.17. The summed E-state index contributed by atoms with van der Waals surface area (Å²) in [6.07, 6.45) is 1.86. The smallest absolute Gasteiger partial charge is 0.255 e. The van der Waals surface area contributed by atoms with Gasteiger partial charge in [0.2, 0.25) is 0 Å². The average molecular weight is 265 g/mol. The Balaban J connectivity index is 1.89. The molecule has 0 aliphatic carbocycles. The average Bonchev–Trinajstić information content (AvgIpc) is 2.61. The first-order valence-corrected chi connectivity index (χ1v) is 6.53. The van der Waals surface area contributed by atoms with Crippen LogP contribution in [0.2, 0.25) is 0 Å². The van der Waals surface area contributed by atoms with Gasteiger partial charge in [0, 0.05) is 0 Å². The van der Waals surface area contributed by atoms with E-state index in [1.54, 1.807) is 0 Å². The topological polar surface area (TPSA) is 38.3 Å². The number of carbonyl (C=O) groups is 1.